The number of hydrogen-bond acceptors (Lipinski definition) is 6. The standard InChI is InChI=1S/C11H11F2N5S/c12-8(13)10-16-17-11(19-10)18-6-1-3-7(18)9-14-4-2-5-15-9/h2,4-5,7-8H,1,3,6H2. The van der Waals surface area contributed by atoms with Crippen molar-refractivity contribution < 1.29 is 8.78 Å². The Balaban J connectivity index is 1.86. The van der Waals surface area contributed by atoms with Gasteiger partial charge in [0.2, 0.25) is 5.13 Å². The van der Waals surface area contributed by atoms with Gasteiger partial charge in [-0.15, -0.1) is 10.2 Å². The molecule has 3 heterocycles. The van der Waals surface area contributed by atoms with Gasteiger partial charge >= 0.3 is 0 Å². The Morgan fingerprint density at radius 2 is 2.05 bits per heavy atom. The molecule has 0 radical (unpaired) electrons. The molecular formula is C11H11F2N5S. The molecule has 1 saturated heterocycles. The zero-order valence-electron chi connectivity index (χ0n) is 9.91. The zero-order valence-corrected chi connectivity index (χ0v) is 10.7. The smallest absolute Gasteiger partial charge is 0.291 e. The van der Waals surface area contributed by atoms with Gasteiger partial charge in [-0.3, -0.25) is 0 Å². The third-order valence-electron chi connectivity index (χ3n) is 3.00. The van der Waals surface area contributed by atoms with Crippen LogP contribution in [0.4, 0.5) is 13.9 Å². The average Bonchev–Trinajstić information content (AvgIpc) is 3.08. The van der Waals surface area contributed by atoms with Gasteiger partial charge in [-0.2, -0.15) is 0 Å². The fourth-order valence-corrected chi connectivity index (χ4v) is 2.95. The predicted molar refractivity (Wildman–Crippen MR) is 66.2 cm³/mol. The maximum absolute atomic E-state index is 12.6. The molecule has 0 amide bonds. The molecule has 0 bridgehead atoms. The highest BCUT2D eigenvalue weighted by atomic mass is 32.1. The second kappa shape index (κ2) is 5.12. The van der Waals surface area contributed by atoms with Crippen LogP contribution in [0.25, 0.3) is 0 Å². The highest BCUT2D eigenvalue weighted by molar-refractivity contribution is 7.15. The number of hydrogen-bond donors (Lipinski definition) is 0. The zero-order chi connectivity index (χ0) is 13.2. The van der Waals surface area contributed by atoms with E-state index in [1.54, 1.807) is 18.5 Å². The highest BCUT2D eigenvalue weighted by Gasteiger charge is 2.31. The number of rotatable bonds is 3. The summed E-state index contributed by atoms with van der Waals surface area (Å²) in [6.07, 6.45) is 2.66. The van der Waals surface area contributed by atoms with Crippen LogP contribution in [0.3, 0.4) is 0 Å². The second-order valence-electron chi connectivity index (χ2n) is 4.18. The summed E-state index contributed by atoms with van der Waals surface area (Å²) in [5.74, 6) is 0.703. The van der Waals surface area contributed by atoms with E-state index in [0.717, 1.165) is 30.7 Å². The third-order valence-corrected chi connectivity index (χ3v) is 3.97. The van der Waals surface area contributed by atoms with E-state index in [9.17, 15) is 8.78 Å². The highest BCUT2D eigenvalue weighted by Crippen LogP contribution is 2.37. The first kappa shape index (κ1) is 12.3. The second-order valence-corrected chi connectivity index (χ2v) is 5.17. The van der Waals surface area contributed by atoms with Crippen LogP contribution in [-0.4, -0.2) is 26.7 Å². The van der Waals surface area contributed by atoms with Crippen LogP contribution in [-0.2, 0) is 0 Å². The summed E-state index contributed by atoms with van der Waals surface area (Å²) >= 11 is 0.935. The van der Waals surface area contributed by atoms with E-state index in [1.807, 2.05) is 4.90 Å². The molecular weight excluding hydrogens is 272 g/mol. The Hall–Kier alpha value is -1.70. The number of alkyl halides is 2. The van der Waals surface area contributed by atoms with E-state index >= 15 is 0 Å². The van der Waals surface area contributed by atoms with Crippen molar-refractivity contribution in [2.45, 2.75) is 25.3 Å². The van der Waals surface area contributed by atoms with Crippen molar-refractivity contribution in [3.8, 4) is 0 Å². The molecule has 5 nitrogen and oxygen atoms in total. The van der Waals surface area contributed by atoms with Crippen LogP contribution >= 0.6 is 11.3 Å². The van der Waals surface area contributed by atoms with E-state index in [-0.39, 0.29) is 11.0 Å². The Kier molecular flexibility index (Phi) is 3.33. The summed E-state index contributed by atoms with van der Waals surface area (Å²) in [7, 11) is 0. The van der Waals surface area contributed by atoms with Gasteiger partial charge in [-0.25, -0.2) is 18.7 Å². The normalized spacial score (nSPS) is 19.3. The molecule has 3 rings (SSSR count). The molecule has 0 N–H and O–H groups in total. The first-order valence-electron chi connectivity index (χ1n) is 5.91. The number of nitrogens with zero attached hydrogens (tertiary/aromatic N) is 5. The summed E-state index contributed by atoms with van der Waals surface area (Å²) in [6, 6.07) is 1.75. The lowest BCUT2D eigenvalue weighted by molar-refractivity contribution is 0.150. The maximum Gasteiger partial charge on any atom is 0.291 e. The monoisotopic (exact) mass is 283 g/mol. The molecule has 8 heteroatoms. The summed E-state index contributed by atoms with van der Waals surface area (Å²) in [5, 5.41) is 7.66. The van der Waals surface area contributed by atoms with Crippen molar-refractivity contribution in [3.05, 3.63) is 29.3 Å². The molecule has 19 heavy (non-hydrogen) atoms. The van der Waals surface area contributed by atoms with Crippen molar-refractivity contribution in [3.63, 3.8) is 0 Å². The molecule has 0 aliphatic carbocycles. The molecule has 2 aromatic heterocycles. The minimum atomic E-state index is -2.57. The molecule has 0 spiro atoms. The Bertz CT molecular complexity index is 547. The lowest BCUT2D eigenvalue weighted by atomic mass is 10.2. The van der Waals surface area contributed by atoms with E-state index < -0.39 is 6.43 Å². The van der Waals surface area contributed by atoms with Crippen LogP contribution in [0.1, 0.15) is 36.1 Å². The van der Waals surface area contributed by atoms with Crippen molar-refractivity contribution in [2.75, 3.05) is 11.4 Å². The van der Waals surface area contributed by atoms with Crippen LogP contribution in [0, 0.1) is 0 Å². The van der Waals surface area contributed by atoms with Crippen LogP contribution < -0.4 is 4.90 Å². The fourth-order valence-electron chi connectivity index (χ4n) is 2.18. The quantitative estimate of drug-likeness (QED) is 0.866. The van der Waals surface area contributed by atoms with E-state index in [0.29, 0.717) is 11.0 Å². The molecule has 1 aliphatic heterocycles. The molecule has 0 aromatic carbocycles. The molecule has 1 fully saturated rings. The van der Waals surface area contributed by atoms with Gasteiger partial charge in [0.05, 0.1) is 6.04 Å². The van der Waals surface area contributed by atoms with Gasteiger partial charge in [-0.05, 0) is 18.9 Å². The summed E-state index contributed by atoms with van der Waals surface area (Å²) < 4.78 is 25.1. The minimum Gasteiger partial charge on any atom is -0.336 e. The lowest BCUT2D eigenvalue weighted by Gasteiger charge is -2.21. The molecule has 1 aliphatic rings. The van der Waals surface area contributed by atoms with Crippen molar-refractivity contribution in [2.24, 2.45) is 0 Å². The summed E-state index contributed by atoms with van der Waals surface area (Å²) in [6.45, 7) is 0.765. The van der Waals surface area contributed by atoms with E-state index in [4.69, 9.17) is 0 Å². The van der Waals surface area contributed by atoms with E-state index in [2.05, 4.69) is 20.2 Å². The van der Waals surface area contributed by atoms with Gasteiger partial charge in [0.1, 0.15) is 0 Å². The molecule has 1 unspecified atom stereocenters. The van der Waals surface area contributed by atoms with Gasteiger partial charge in [0.25, 0.3) is 6.43 Å². The number of halogens is 2. The van der Waals surface area contributed by atoms with Crippen molar-refractivity contribution in [1.29, 1.82) is 0 Å². The lowest BCUT2D eigenvalue weighted by Crippen LogP contribution is -2.23. The number of aromatic nitrogens is 4. The number of anilines is 1. The van der Waals surface area contributed by atoms with E-state index in [1.165, 1.54) is 0 Å². The maximum atomic E-state index is 12.6. The molecule has 2 aromatic rings. The van der Waals surface area contributed by atoms with Crippen molar-refractivity contribution >= 4 is 16.5 Å². The summed E-state index contributed by atoms with van der Waals surface area (Å²) in [4.78, 5) is 10.4. The minimum absolute atomic E-state index is 0.000303. The Morgan fingerprint density at radius 1 is 1.26 bits per heavy atom. The fraction of sp³-hybridized carbons (Fsp3) is 0.455. The third kappa shape index (κ3) is 2.40. The molecule has 0 saturated carbocycles. The topological polar surface area (TPSA) is 54.8 Å². The predicted octanol–water partition coefficient (Wildman–Crippen LogP) is 2.61. The SMILES string of the molecule is FC(F)c1nnc(N2CCCC2c2ncccn2)s1. The van der Waals surface area contributed by atoms with Gasteiger partial charge < -0.3 is 4.90 Å². The first-order chi connectivity index (χ1) is 9.25. The largest absolute Gasteiger partial charge is 0.336 e. The van der Waals surface area contributed by atoms with Gasteiger partial charge in [0.15, 0.2) is 10.8 Å². The Morgan fingerprint density at radius 3 is 2.74 bits per heavy atom. The Labute approximate surface area is 112 Å². The van der Waals surface area contributed by atoms with Crippen molar-refractivity contribution in [1.82, 2.24) is 20.2 Å². The van der Waals surface area contributed by atoms with Gasteiger partial charge in [0, 0.05) is 18.9 Å². The van der Waals surface area contributed by atoms with Crippen LogP contribution in [0.2, 0.25) is 0 Å². The van der Waals surface area contributed by atoms with Crippen LogP contribution in [0.15, 0.2) is 18.5 Å². The van der Waals surface area contributed by atoms with Crippen LogP contribution in [0.5, 0.6) is 0 Å². The molecule has 100 valence electrons. The average molecular weight is 283 g/mol. The first-order valence-corrected chi connectivity index (χ1v) is 6.72. The molecule has 1 atom stereocenters. The van der Waals surface area contributed by atoms with Gasteiger partial charge in [-0.1, -0.05) is 11.3 Å². The summed E-state index contributed by atoms with van der Waals surface area (Å²) in [5.41, 5.74) is 0.